The minimum Gasteiger partial charge on any atom is -0.495 e. The zero-order valence-corrected chi connectivity index (χ0v) is 46.4. The lowest BCUT2D eigenvalue weighted by Crippen LogP contribution is -2.38. The Morgan fingerprint density at radius 2 is 1.09 bits per heavy atom. The van der Waals surface area contributed by atoms with Crippen LogP contribution in [0, 0.1) is 0 Å². The second-order valence-electron chi connectivity index (χ2n) is 20.0. The van der Waals surface area contributed by atoms with Gasteiger partial charge < -0.3 is 49.9 Å². The standard InChI is InChI=1S/C33H35N5O3S2.C26H28N4O2S2/c1-40-26-15-22(19-34-20-26)21-37-9-7-23(8-10-37)35-24-5-6-29-31(16-24)42-30-4-2-3-27(33(30)43-29)28-17-25(18-32(39)36-28)38-11-13-41-14-12-38;31-25-16-19(30-10-12-32-13-11-30)15-21(29-25)20-2-1-3-23-26(20)34-22-5-4-18(14-24(22)33-23)28-17-6-8-27-9-7-17/h2-6,15-20,23,35H,7-14,21H2,1H3,(H,36,39);1-5,14-17,27-28H,6-13H2,(H,29,31). The van der Waals surface area contributed by atoms with Crippen molar-refractivity contribution in [1.82, 2.24) is 25.2 Å². The number of pyridine rings is 3. The molecule has 9 heterocycles. The second-order valence-corrected chi connectivity index (χ2v) is 24.3. The molecule has 0 unspecified atom stereocenters. The summed E-state index contributed by atoms with van der Waals surface area (Å²) in [6.07, 6.45) is 8.20. The average Bonchev–Trinajstić information content (AvgIpc) is 3.48. The van der Waals surface area contributed by atoms with Gasteiger partial charge >= 0.3 is 0 Å². The van der Waals surface area contributed by atoms with Crippen LogP contribution < -0.4 is 41.6 Å². The first-order chi connectivity index (χ1) is 37.8. The Bertz CT molecular complexity index is 3350. The van der Waals surface area contributed by atoms with E-state index < -0.39 is 0 Å². The first kappa shape index (κ1) is 51.9. The molecule has 0 atom stereocenters. The maximum absolute atomic E-state index is 12.7. The molecule has 5 N–H and O–H groups in total. The number of methoxy groups -OCH3 is 1. The number of ether oxygens (including phenoxy) is 3. The number of morpholine rings is 2. The number of fused-ring (bicyclic) bond motifs is 4. The number of hydrogen-bond donors (Lipinski definition) is 5. The van der Waals surface area contributed by atoms with Crippen LogP contribution in [0.3, 0.4) is 0 Å². The number of hydrogen-bond acceptors (Lipinski definition) is 16. The molecule has 0 aliphatic carbocycles. The van der Waals surface area contributed by atoms with E-state index in [4.69, 9.17) is 14.2 Å². The van der Waals surface area contributed by atoms with Gasteiger partial charge in [-0.15, -0.1) is 0 Å². The normalized spacial score (nSPS) is 17.7. The molecule has 0 bridgehead atoms. The molecule has 0 saturated carbocycles. The number of aromatic amines is 2. The molecule has 398 valence electrons. The van der Waals surface area contributed by atoms with Gasteiger partial charge in [-0.05, 0) is 111 Å². The monoisotopic (exact) mass is 1110 g/mol. The minimum atomic E-state index is -0.0793. The lowest BCUT2D eigenvalue weighted by molar-refractivity contribution is 0.122. The molecule has 0 radical (unpaired) electrons. The lowest BCUT2D eigenvalue weighted by Gasteiger charge is -2.33. The molecule has 6 aliphatic heterocycles. The van der Waals surface area contributed by atoms with Crippen LogP contribution in [0.5, 0.6) is 5.75 Å². The molecule has 14 nitrogen and oxygen atoms in total. The van der Waals surface area contributed by atoms with Crippen LogP contribution in [-0.2, 0) is 16.0 Å². The number of anilines is 4. The lowest BCUT2D eigenvalue weighted by atomic mass is 10.0. The summed E-state index contributed by atoms with van der Waals surface area (Å²) in [7, 11) is 1.68. The summed E-state index contributed by atoms with van der Waals surface area (Å²) in [6, 6.07) is 36.8. The first-order valence-corrected chi connectivity index (χ1v) is 30.0. The maximum Gasteiger partial charge on any atom is 0.250 e. The van der Waals surface area contributed by atoms with Crippen molar-refractivity contribution in [2.75, 3.05) is 106 Å². The molecular weight excluding hydrogens is 1040 g/mol. The Kier molecular flexibility index (Phi) is 16.2. The molecule has 6 aliphatic rings. The van der Waals surface area contributed by atoms with E-state index in [1.165, 1.54) is 56.1 Å². The third-order valence-electron chi connectivity index (χ3n) is 14.8. The van der Waals surface area contributed by atoms with Gasteiger partial charge in [0.1, 0.15) is 5.75 Å². The van der Waals surface area contributed by atoms with Gasteiger partial charge in [0.2, 0.25) is 11.1 Å². The zero-order chi connectivity index (χ0) is 52.1. The van der Waals surface area contributed by atoms with Crippen LogP contribution in [0.1, 0.15) is 31.2 Å². The highest BCUT2D eigenvalue weighted by atomic mass is 32.2. The molecule has 0 spiro atoms. The van der Waals surface area contributed by atoms with Gasteiger partial charge in [-0.1, -0.05) is 71.3 Å². The van der Waals surface area contributed by atoms with Gasteiger partial charge in [0.25, 0.3) is 0 Å². The van der Waals surface area contributed by atoms with Crippen molar-refractivity contribution < 1.29 is 14.2 Å². The maximum atomic E-state index is 12.7. The number of nitrogens with one attached hydrogen (secondary N) is 5. The molecule has 13 rings (SSSR count). The van der Waals surface area contributed by atoms with E-state index >= 15 is 0 Å². The van der Waals surface area contributed by atoms with E-state index in [0.717, 1.165) is 124 Å². The molecule has 18 heteroatoms. The van der Waals surface area contributed by atoms with Crippen LogP contribution in [0.15, 0.2) is 164 Å². The smallest absolute Gasteiger partial charge is 0.250 e. The van der Waals surface area contributed by atoms with E-state index in [-0.39, 0.29) is 11.1 Å². The van der Waals surface area contributed by atoms with E-state index in [1.807, 2.05) is 18.0 Å². The van der Waals surface area contributed by atoms with Crippen molar-refractivity contribution in [2.45, 2.75) is 83.5 Å². The van der Waals surface area contributed by atoms with Crippen LogP contribution >= 0.6 is 47.0 Å². The van der Waals surface area contributed by atoms with Crippen molar-refractivity contribution >= 4 is 69.8 Å². The number of H-pyrrole nitrogens is 2. The van der Waals surface area contributed by atoms with Crippen LogP contribution in [0.4, 0.5) is 22.7 Å². The molecule has 77 heavy (non-hydrogen) atoms. The minimum absolute atomic E-state index is 0.0703. The van der Waals surface area contributed by atoms with Crippen molar-refractivity contribution in [2.24, 2.45) is 0 Å². The van der Waals surface area contributed by atoms with Gasteiger partial charge in [0.15, 0.2) is 0 Å². The average molecular weight is 1110 g/mol. The number of rotatable bonds is 11. The van der Waals surface area contributed by atoms with E-state index in [2.05, 4.69) is 137 Å². The fourth-order valence-corrected chi connectivity index (χ4v) is 15.6. The number of benzene rings is 4. The number of aromatic nitrogens is 3. The van der Waals surface area contributed by atoms with E-state index in [1.54, 1.807) is 60.7 Å². The molecular formula is C59H63N9O5S4. The molecule has 3 aromatic heterocycles. The fourth-order valence-electron chi connectivity index (χ4n) is 10.8. The zero-order valence-electron chi connectivity index (χ0n) is 43.1. The van der Waals surface area contributed by atoms with Crippen molar-refractivity contribution in [3.8, 4) is 28.3 Å². The van der Waals surface area contributed by atoms with Crippen molar-refractivity contribution in [1.29, 1.82) is 0 Å². The van der Waals surface area contributed by atoms with Gasteiger partial charge in [-0.3, -0.25) is 19.5 Å². The summed E-state index contributed by atoms with van der Waals surface area (Å²) in [5, 5.41) is 11.0. The van der Waals surface area contributed by atoms with Gasteiger partial charge in [0.05, 0.1) is 51.1 Å². The summed E-state index contributed by atoms with van der Waals surface area (Å²) >= 11 is 7.19. The Morgan fingerprint density at radius 1 is 0.571 bits per heavy atom. The Hall–Kier alpha value is -5.83. The highest BCUT2D eigenvalue weighted by Crippen LogP contribution is 2.54. The molecule has 7 aromatic rings. The summed E-state index contributed by atoms with van der Waals surface area (Å²) < 4.78 is 16.3. The van der Waals surface area contributed by atoms with Crippen LogP contribution in [0.25, 0.3) is 22.5 Å². The summed E-state index contributed by atoms with van der Waals surface area (Å²) in [5.41, 5.74) is 9.18. The molecule has 0 amide bonds. The first-order valence-electron chi connectivity index (χ1n) is 26.7. The van der Waals surface area contributed by atoms with Crippen LogP contribution in [-0.4, -0.2) is 118 Å². The largest absolute Gasteiger partial charge is 0.495 e. The Balaban J connectivity index is 0.000000159. The van der Waals surface area contributed by atoms with Crippen molar-refractivity contribution in [3.63, 3.8) is 0 Å². The third kappa shape index (κ3) is 12.4. The van der Waals surface area contributed by atoms with Crippen molar-refractivity contribution in [3.05, 3.63) is 142 Å². The number of likely N-dealkylation sites (tertiary alicyclic amines) is 1. The fraction of sp³-hybridized carbons (Fsp3) is 0.339. The van der Waals surface area contributed by atoms with Gasteiger partial charge in [-0.2, -0.15) is 0 Å². The molecule has 4 aromatic carbocycles. The quantitative estimate of drug-likeness (QED) is 0.0835. The topological polar surface area (TPSA) is 152 Å². The molecule has 4 saturated heterocycles. The Morgan fingerprint density at radius 3 is 1.61 bits per heavy atom. The van der Waals surface area contributed by atoms with Gasteiger partial charge in [-0.25, -0.2) is 0 Å². The molecule has 4 fully saturated rings. The number of nitrogens with zero attached hydrogens (tertiary/aromatic N) is 4. The summed E-state index contributed by atoms with van der Waals surface area (Å²) in [5.74, 6) is 0.809. The van der Waals surface area contributed by atoms with E-state index in [9.17, 15) is 9.59 Å². The van der Waals surface area contributed by atoms with Crippen LogP contribution in [0.2, 0.25) is 0 Å². The predicted octanol–water partition coefficient (Wildman–Crippen LogP) is 10.6. The SMILES string of the molecule is COc1cncc(CN2CCC(Nc3ccc4c(c3)Sc3cccc(-c5cc(N6CCOCC6)cc(=O)[nH]5)c3S4)CC2)c1.O=c1cc(N2CCOCC2)cc(-c2cccc3c2Sc2ccc(NC4CCNCC4)cc2S3)[nH]1. The summed E-state index contributed by atoms with van der Waals surface area (Å²) in [4.78, 5) is 52.5. The second kappa shape index (κ2) is 24.0. The third-order valence-corrected chi connectivity index (χ3v) is 20.0. The predicted molar refractivity (Wildman–Crippen MR) is 313 cm³/mol. The Labute approximate surface area is 466 Å². The highest BCUT2D eigenvalue weighted by Gasteiger charge is 2.26. The highest BCUT2D eigenvalue weighted by molar-refractivity contribution is 8.05. The summed E-state index contributed by atoms with van der Waals surface area (Å²) in [6.45, 7) is 11.1. The van der Waals surface area contributed by atoms with E-state index in [0.29, 0.717) is 38.5 Å². The van der Waals surface area contributed by atoms with Gasteiger partial charge in [0, 0.05) is 149 Å². The number of piperidine rings is 2.